The second-order valence-electron chi connectivity index (χ2n) is 6.58. The molecule has 0 atom stereocenters. The topological polar surface area (TPSA) is 57.7 Å². The maximum Gasteiger partial charge on any atom is 0.252 e. The molecule has 25 heavy (non-hydrogen) atoms. The van der Waals surface area contributed by atoms with Gasteiger partial charge in [0.2, 0.25) is 5.91 Å². The number of hydrogen-bond donors (Lipinski definition) is 0. The third-order valence-electron chi connectivity index (χ3n) is 5.10. The number of amides is 1. The van der Waals surface area contributed by atoms with Crippen molar-refractivity contribution in [3.8, 4) is 0 Å². The van der Waals surface area contributed by atoms with Crippen molar-refractivity contribution in [2.75, 3.05) is 26.2 Å². The quantitative estimate of drug-likeness (QED) is 0.823. The van der Waals surface area contributed by atoms with E-state index in [1.165, 1.54) is 15.6 Å². The molecule has 2 aliphatic rings. The number of piperazine rings is 1. The third-order valence-corrected chi connectivity index (χ3v) is 8.37. The number of hydrogen-bond acceptors (Lipinski definition) is 4. The molecular formula is C18H20N2O3S2. The molecule has 5 nitrogen and oxygen atoms in total. The Kier molecular flexibility index (Phi) is 4.17. The molecule has 1 amide bonds. The van der Waals surface area contributed by atoms with Crippen molar-refractivity contribution in [1.29, 1.82) is 0 Å². The molecule has 1 aliphatic carbocycles. The van der Waals surface area contributed by atoms with Crippen molar-refractivity contribution >= 4 is 27.3 Å². The van der Waals surface area contributed by atoms with Crippen molar-refractivity contribution in [2.45, 2.75) is 22.5 Å². The second kappa shape index (κ2) is 6.23. The Morgan fingerprint density at radius 1 is 0.960 bits per heavy atom. The van der Waals surface area contributed by atoms with Crippen LogP contribution in [0.15, 0.2) is 52.1 Å². The Balaban J connectivity index is 1.45. The fourth-order valence-electron chi connectivity index (χ4n) is 3.48. The SMILES string of the molecule is O=C(N1CCN(S(=O)(=O)c2cccs2)CC1)C1(c2ccccc2)CC1. The van der Waals surface area contributed by atoms with Gasteiger partial charge in [-0.25, -0.2) is 8.42 Å². The summed E-state index contributed by atoms with van der Waals surface area (Å²) in [6.45, 7) is 1.63. The normalized spacial score (nSPS) is 20.4. The fourth-order valence-corrected chi connectivity index (χ4v) is 6.05. The number of benzene rings is 1. The number of rotatable bonds is 4. The van der Waals surface area contributed by atoms with E-state index >= 15 is 0 Å². The molecule has 1 saturated carbocycles. The smallest absolute Gasteiger partial charge is 0.252 e. The molecule has 132 valence electrons. The second-order valence-corrected chi connectivity index (χ2v) is 9.69. The van der Waals surface area contributed by atoms with Gasteiger partial charge in [-0.15, -0.1) is 11.3 Å². The lowest BCUT2D eigenvalue weighted by Gasteiger charge is -2.35. The van der Waals surface area contributed by atoms with E-state index in [4.69, 9.17) is 0 Å². The zero-order valence-electron chi connectivity index (χ0n) is 13.8. The predicted octanol–water partition coefficient (Wildman–Crippen LogP) is 2.31. The van der Waals surface area contributed by atoms with Crippen LogP contribution in [0.3, 0.4) is 0 Å². The van der Waals surface area contributed by atoms with Gasteiger partial charge in [-0.2, -0.15) is 4.31 Å². The lowest BCUT2D eigenvalue weighted by molar-refractivity contribution is -0.135. The van der Waals surface area contributed by atoms with Gasteiger partial charge in [0.1, 0.15) is 4.21 Å². The van der Waals surface area contributed by atoms with Gasteiger partial charge < -0.3 is 4.90 Å². The molecule has 0 N–H and O–H groups in total. The van der Waals surface area contributed by atoms with E-state index in [1.54, 1.807) is 17.5 Å². The minimum Gasteiger partial charge on any atom is -0.339 e. The summed E-state index contributed by atoms with van der Waals surface area (Å²) in [6.07, 6.45) is 1.76. The van der Waals surface area contributed by atoms with Crippen molar-refractivity contribution in [1.82, 2.24) is 9.21 Å². The number of carbonyl (C=O) groups is 1. The molecule has 4 rings (SSSR count). The van der Waals surface area contributed by atoms with Crippen molar-refractivity contribution in [3.63, 3.8) is 0 Å². The molecule has 1 saturated heterocycles. The van der Waals surface area contributed by atoms with Gasteiger partial charge in [0.05, 0.1) is 5.41 Å². The van der Waals surface area contributed by atoms with E-state index in [2.05, 4.69) is 0 Å². The number of nitrogens with zero attached hydrogens (tertiary/aromatic N) is 2. The summed E-state index contributed by atoms with van der Waals surface area (Å²) in [6, 6.07) is 13.3. The van der Waals surface area contributed by atoms with Crippen LogP contribution >= 0.6 is 11.3 Å². The zero-order chi connectivity index (χ0) is 17.5. The van der Waals surface area contributed by atoms with Crippen LogP contribution in [-0.2, 0) is 20.2 Å². The Morgan fingerprint density at radius 3 is 2.20 bits per heavy atom. The largest absolute Gasteiger partial charge is 0.339 e. The van der Waals surface area contributed by atoms with E-state index in [9.17, 15) is 13.2 Å². The first-order valence-corrected chi connectivity index (χ1v) is 10.7. The van der Waals surface area contributed by atoms with Gasteiger partial charge in [0.25, 0.3) is 10.0 Å². The average molecular weight is 377 g/mol. The third kappa shape index (κ3) is 2.90. The Morgan fingerprint density at radius 2 is 1.64 bits per heavy atom. The molecule has 7 heteroatoms. The summed E-state index contributed by atoms with van der Waals surface area (Å²) in [5.74, 6) is 0.145. The summed E-state index contributed by atoms with van der Waals surface area (Å²) in [4.78, 5) is 14.9. The van der Waals surface area contributed by atoms with Crippen LogP contribution in [0, 0.1) is 0 Å². The monoisotopic (exact) mass is 376 g/mol. The average Bonchev–Trinajstić information content (AvgIpc) is 3.27. The van der Waals surface area contributed by atoms with Crippen LogP contribution in [-0.4, -0.2) is 49.7 Å². The van der Waals surface area contributed by atoms with Gasteiger partial charge in [0, 0.05) is 26.2 Å². The molecule has 0 spiro atoms. The predicted molar refractivity (Wildman–Crippen MR) is 97.0 cm³/mol. The van der Waals surface area contributed by atoms with Crippen LogP contribution in [0.5, 0.6) is 0 Å². The van der Waals surface area contributed by atoms with Crippen LogP contribution in [0.25, 0.3) is 0 Å². The summed E-state index contributed by atoms with van der Waals surface area (Å²) in [7, 11) is -3.43. The number of carbonyl (C=O) groups excluding carboxylic acids is 1. The van der Waals surface area contributed by atoms with Gasteiger partial charge >= 0.3 is 0 Å². The Labute approximate surface area is 151 Å². The fraction of sp³-hybridized carbons (Fsp3) is 0.389. The van der Waals surface area contributed by atoms with Crippen molar-refractivity contribution in [2.24, 2.45) is 0 Å². The van der Waals surface area contributed by atoms with Crippen molar-refractivity contribution in [3.05, 3.63) is 53.4 Å². The summed E-state index contributed by atoms with van der Waals surface area (Å²) >= 11 is 1.23. The maximum absolute atomic E-state index is 13.0. The molecule has 1 aromatic carbocycles. The summed E-state index contributed by atoms with van der Waals surface area (Å²) in [5, 5.41) is 1.77. The van der Waals surface area contributed by atoms with Crippen molar-refractivity contribution < 1.29 is 13.2 Å². The van der Waals surface area contributed by atoms with Crippen LogP contribution in [0.1, 0.15) is 18.4 Å². The maximum atomic E-state index is 13.0. The van der Waals surface area contributed by atoms with E-state index in [0.717, 1.165) is 18.4 Å². The molecule has 0 unspecified atom stereocenters. The minimum atomic E-state index is -3.43. The lowest BCUT2D eigenvalue weighted by atomic mass is 9.94. The van der Waals surface area contributed by atoms with Gasteiger partial charge in [-0.05, 0) is 29.9 Å². The lowest BCUT2D eigenvalue weighted by Crippen LogP contribution is -2.52. The molecule has 0 radical (unpaired) electrons. The highest BCUT2D eigenvalue weighted by Gasteiger charge is 2.53. The molecule has 0 bridgehead atoms. The van der Waals surface area contributed by atoms with Gasteiger partial charge in [0.15, 0.2) is 0 Å². The van der Waals surface area contributed by atoms with Gasteiger partial charge in [-0.1, -0.05) is 36.4 Å². The molecule has 1 aliphatic heterocycles. The number of thiophene rings is 1. The van der Waals surface area contributed by atoms with Crippen LogP contribution < -0.4 is 0 Å². The zero-order valence-corrected chi connectivity index (χ0v) is 15.4. The highest BCUT2D eigenvalue weighted by atomic mass is 32.2. The van der Waals surface area contributed by atoms with Crippen LogP contribution in [0.4, 0.5) is 0 Å². The summed E-state index contributed by atoms with van der Waals surface area (Å²) < 4.78 is 27.0. The number of sulfonamides is 1. The minimum absolute atomic E-state index is 0.145. The van der Waals surface area contributed by atoms with E-state index < -0.39 is 10.0 Å². The first-order valence-electron chi connectivity index (χ1n) is 8.43. The Bertz CT molecular complexity index is 851. The van der Waals surface area contributed by atoms with Crippen LogP contribution in [0.2, 0.25) is 0 Å². The van der Waals surface area contributed by atoms with Gasteiger partial charge in [-0.3, -0.25) is 4.79 Å². The molecule has 2 fully saturated rings. The highest BCUT2D eigenvalue weighted by molar-refractivity contribution is 7.91. The molecule has 2 aromatic rings. The highest BCUT2D eigenvalue weighted by Crippen LogP contribution is 2.49. The standard InChI is InChI=1S/C18H20N2O3S2/c21-17(18(8-9-18)15-5-2-1-3-6-15)19-10-12-20(13-11-19)25(22,23)16-7-4-14-24-16/h1-7,14H,8-13H2. The van der Waals surface area contributed by atoms with E-state index in [1.807, 2.05) is 35.2 Å². The first-order chi connectivity index (χ1) is 12.0. The van der Waals surface area contributed by atoms with E-state index in [0.29, 0.717) is 30.4 Å². The molecular weight excluding hydrogens is 356 g/mol. The molecule has 1 aromatic heterocycles. The molecule has 2 heterocycles. The first kappa shape index (κ1) is 16.8. The van der Waals surface area contributed by atoms with E-state index in [-0.39, 0.29) is 11.3 Å². The Hall–Kier alpha value is -1.70. The summed E-state index contributed by atoms with van der Waals surface area (Å²) in [5.41, 5.74) is 0.699.